The van der Waals surface area contributed by atoms with Gasteiger partial charge in [-0.2, -0.15) is 0 Å². The van der Waals surface area contributed by atoms with Crippen molar-refractivity contribution in [2.45, 2.75) is 52.7 Å². The summed E-state index contributed by atoms with van der Waals surface area (Å²) in [5.74, 6) is 0.672. The number of nitrogens with zero attached hydrogens (tertiary/aromatic N) is 1. The first-order valence-electron chi connectivity index (χ1n) is 7.02. The van der Waals surface area contributed by atoms with Crippen LogP contribution < -0.4 is 5.73 Å². The lowest BCUT2D eigenvalue weighted by molar-refractivity contribution is 0.192. The van der Waals surface area contributed by atoms with E-state index in [9.17, 15) is 0 Å². The zero-order chi connectivity index (χ0) is 13.5. The Morgan fingerprint density at radius 2 is 1.67 bits per heavy atom. The second-order valence-corrected chi connectivity index (χ2v) is 5.90. The molecule has 2 N–H and O–H groups in total. The van der Waals surface area contributed by atoms with Crippen molar-refractivity contribution in [2.75, 3.05) is 6.54 Å². The van der Waals surface area contributed by atoms with Gasteiger partial charge in [0.15, 0.2) is 0 Å². The van der Waals surface area contributed by atoms with Crippen molar-refractivity contribution in [3.05, 3.63) is 35.9 Å². The molecule has 0 fully saturated rings. The van der Waals surface area contributed by atoms with Gasteiger partial charge >= 0.3 is 0 Å². The molecular formula is C16H28N2. The average Bonchev–Trinajstić information content (AvgIpc) is 2.28. The van der Waals surface area contributed by atoms with Gasteiger partial charge in [-0.3, -0.25) is 4.90 Å². The summed E-state index contributed by atoms with van der Waals surface area (Å²) in [5, 5.41) is 0. The Kier molecular flexibility index (Phi) is 6.37. The van der Waals surface area contributed by atoms with E-state index in [4.69, 9.17) is 5.73 Å². The second kappa shape index (κ2) is 7.55. The monoisotopic (exact) mass is 248 g/mol. The minimum absolute atomic E-state index is 0.274. The lowest BCUT2D eigenvalue weighted by Gasteiger charge is -2.30. The van der Waals surface area contributed by atoms with Gasteiger partial charge in [-0.1, -0.05) is 44.2 Å². The van der Waals surface area contributed by atoms with Crippen molar-refractivity contribution >= 4 is 0 Å². The lowest BCUT2D eigenvalue weighted by atomic mass is 10.0. The van der Waals surface area contributed by atoms with Crippen molar-refractivity contribution in [1.82, 2.24) is 4.90 Å². The molecule has 0 bridgehead atoms. The van der Waals surface area contributed by atoms with Gasteiger partial charge in [-0.25, -0.2) is 0 Å². The van der Waals surface area contributed by atoms with Gasteiger partial charge in [-0.15, -0.1) is 0 Å². The maximum atomic E-state index is 6.23. The lowest BCUT2D eigenvalue weighted by Crippen LogP contribution is -2.41. The van der Waals surface area contributed by atoms with E-state index < -0.39 is 0 Å². The van der Waals surface area contributed by atoms with Crippen LogP contribution >= 0.6 is 0 Å². The minimum Gasteiger partial charge on any atom is -0.327 e. The first-order chi connectivity index (χ1) is 8.49. The van der Waals surface area contributed by atoms with E-state index in [2.05, 4.69) is 62.9 Å². The van der Waals surface area contributed by atoms with Crippen LogP contribution in [0, 0.1) is 5.92 Å². The SMILES string of the molecule is CC(C)CC(N)CN(Cc1ccccc1)C(C)C. The number of benzene rings is 1. The number of nitrogens with two attached hydrogens (primary N) is 1. The number of rotatable bonds is 7. The third-order valence-electron chi connectivity index (χ3n) is 3.20. The Balaban J connectivity index is 2.55. The summed E-state index contributed by atoms with van der Waals surface area (Å²) in [6, 6.07) is 11.4. The maximum Gasteiger partial charge on any atom is 0.0237 e. The highest BCUT2D eigenvalue weighted by Gasteiger charge is 2.15. The molecule has 0 radical (unpaired) electrons. The molecule has 0 heterocycles. The van der Waals surface area contributed by atoms with Crippen molar-refractivity contribution < 1.29 is 0 Å². The highest BCUT2D eigenvalue weighted by Crippen LogP contribution is 2.11. The zero-order valence-electron chi connectivity index (χ0n) is 12.3. The molecule has 102 valence electrons. The van der Waals surface area contributed by atoms with Crippen LogP contribution in [-0.2, 0) is 6.54 Å². The first kappa shape index (κ1) is 15.2. The fourth-order valence-corrected chi connectivity index (χ4v) is 2.26. The van der Waals surface area contributed by atoms with Gasteiger partial charge in [0.25, 0.3) is 0 Å². The Labute approximate surface area is 112 Å². The van der Waals surface area contributed by atoms with Gasteiger partial charge in [0.2, 0.25) is 0 Å². The van der Waals surface area contributed by atoms with Gasteiger partial charge < -0.3 is 5.73 Å². The van der Waals surface area contributed by atoms with Crippen LogP contribution in [0.3, 0.4) is 0 Å². The van der Waals surface area contributed by atoms with Crippen LogP contribution in [-0.4, -0.2) is 23.5 Å². The van der Waals surface area contributed by atoms with Gasteiger partial charge in [-0.05, 0) is 31.7 Å². The fraction of sp³-hybridized carbons (Fsp3) is 0.625. The summed E-state index contributed by atoms with van der Waals surface area (Å²) in [7, 11) is 0. The minimum atomic E-state index is 0.274. The predicted molar refractivity (Wildman–Crippen MR) is 79.4 cm³/mol. The molecule has 0 aromatic heterocycles. The maximum absolute atomic E-state index is 6.23. The van der Waals surface area contributed by atoms with E-state index in [0.717, 1.165) is 19.5 Å². The predicted octanol–water partition coefficient (Wildman–Crippen LogP) is 3.27. The molecule has 0 saturated carbocycles. The topological polar surface area (TPSA) is 29.3 Å². The van der Waals surface area contributed by atoms with Gasteiger partial charge in [0.1, 0.15) is 0 Å². The Hall–Kier alpha value is -0.860. The van der Waals surface area contributed by atoms with Crippen molar-refractivity contribution in [3.63, 3.8) is 0 Å². The second-order valence-electron chi connectivity index (χ2n) is 5.90. The molecule has 0 saturated heterocycles. The molecule has 1 aromatic rings. The Bertz CT molecular complexity index is 319. The summed E-state index contributed by atoms with van der Waals surface area (Å²) >= 11 is 0. The van der Waals surface area contributed by atoms with Crippen molar-refractivity contribution in [3.8, 4) is 0 Å². The normalized spacial score (nSPS) is 13.6. The first-order valence-corrected chi connectivity index (χ1v) is 7.02. The highest BCUT2D eigenvalue weighted by molar-refractivity contribution is 5.14. The standard InChI is InChI=1S/C16H28N2/c1-13(2)10-16(17)12-18(14(3)4)11-15-8-6-5-7-9-15/h5-9,13-14,16H,10-12,17H2,1-4H3. The average molecular weight is 248 g/mol. The molecule has 0 spiro atoms. The summed E-state index contributed by atoms with van der Waals surface area (Å²) < 4.78 is 0. The van der Waals surface area contributed by atoms with E-state index in [0.29, 0.717) is 12.0 Å². The Morgan fingerprint density at radius 1 is 1.06 bits per heavy atom. The van der Waals surface area contributed by atoms with Crippen LogP contribution in [0.4, 0.5) is 0 Å². The number of hydrogen-bond donors (Lipinski definition) is 1. The van der Waals surface area contributed by atoms with Gasteiger partial charge in [0.05, 0.1) is 0 Å². The smallest absolute Gasteiger partial charge is 0.0237 e. The Morgan fingerprint density at radius 3 is 2.17 bits per heavy atom. The van der Waals surface area contributed by atoms with E-state index in [1.807, 2.05) is 0 Å². The summed E-state index contributed by atoms with van der Waals surface area (Å²) in [6.07, 6.45) is 1.10. The molecule has 0 aliphatic rings. The molecule has 2 heteroatoms. The third kappa shape index (κ3) is 5.65. The molecule has 0 aliphatic carbocycles. The van der Waals surface area contributed by atoms with Crippen LogP contribution in [0.15, 0.2) is 30.3 Å². The molecular weight excluding hydrogens is 220 g/mol. The molecule has 1 unspecified atom stereocenters. The molecule has 2 nitrogen and oxygen atoms in total. The van der Waals surface area contributed by atoms with Crippen LogP contribution in [0.5, 0.6) is 0 Å². The molecule has 0 aliphatic heterocycles. The highest BCUT2D eigenvalue weighted by atomic mass is 15.2. The van der Waals surface area contributed by atoms with Crippen molar-refractivity contribution in [2.24, 2.45) is 11.7 Å². The third-order valence-corrected chi connectivity index (χ3v) is 3.20. The van der Waals surface area contributed by atoms with E-state index in [1.165, 1.54) is 5.56 Å². The number of hydrogen-bond acceptors (Lipinski definition) is 2. The molecule has 1 rings (SSSR count). The summed E-state index contributed by atoms with van der Waals surface area (Å²) in [5.41, 5.74) is 7.59. The summed E-state index contributed by atoms with van der Waals surface area (Å²) in [4.78, 5) is 2.46. The van der Waals surface area contributed by atoms with E-state index in [-0.39, 0.29) is 6.04 Å². The fourth-order valence-electron chi connectivity index (χ4n) is 2.26. The molecule has 18 heavy (non-hydrogen) atoms. The molecule has 0 amide bonds. The summed E-state index contributed by atoms with van der Waals surface area (Å²) in [6.45, 7) is 10.9. The van der Waals surface area contributed by atoms with Crippen LogP contribution in [0.1, 0.15) is 39.7 Å². The largest absolute Gasteiger partial charge is 0.327 e. The van der Waals surface area contributed by atoms with E-state index >= 15 is 0 Å². The van der Waals surface area contributed by atoms with E-state index in [1.54, 1.807) is 0 Å². The molecule has 1 aromatic carbocycles. The van der Waals surface area contributed by atoms with Crippen LogP contribution in [0.2, 0.25) is 0 Å². The zero-order valence-corrected chi connectivity index (χ0v) is 12.3. The molecule has 1 atom stereocenters. The van der Waals surface area contributed by atoms with Gasteiger partial charge in [0, 0.05) is 25.2 Å². The quantitative estimate of drug-likeness (QED) is 0.802. The van der Waals surface area contributed by atoms with Crippen LogP contribution in [0.25, 0.3) is 0 Å². The van der Waals surface area contributed by atoms with Crippen molar-refractivity contribution in [1.29, 1.82) is 0 Å².